The Morgan fingerprint density at radius 1 is 0.317 bits per heavy atom. The highest BCUT2D eigenvalue weighted by atomic mass is 14.9. The first-order chi connectivity index (χ1) is 31.2. The minimum Gasteiger partial charge on any atom is -0.238 e. The Labute approximate surface area is 368 Å². The molecule has 11 rings (SSSR count). The fourth-order valence-corrected chi connectivity index (χ4v) is 9.35. The van der Waals surface area contributed by atoms with Crippen molar-refractivity contribution >= 4 is 5.69 Å². The minimum atomic E-state index is -0.524. The third-order valence-electron chi connectivity index (χ3n) is 12.4. The van der Waals surface area contributed by atoms with Crippen molar-refractivity contribution in [2.75, 3.05) is 0 Å². The Morgan fingerprint density at radius 3 is 1.19 bits per heavy atom. The topological polar surface area (TPSA) is 30.1 Å². The maximum absolute atomic E-state index is 7.89. The zero-order valence-electron chi connectivity index (χ0n) is 34.4. The highest BCUT2D eigenvalue weighted by Crippen LogP contribution is 2.57. The average molecular weight is 802 g/mol. The Bertz CT molecular complexity index is 3240. The third kappa shape index (κ3) is 6.72. The van der Waals surface area contributed by atoms with Crippen LogP contribution in [0.15, 0.2) is 237 Å². The predicted octanol–water partition coefficient (Wildman–Crippen LogP) is 15.4. The predicted molar refractivity (Wildman–Crippen MR) is 258 cm³/mol. The molecule has 0 atom stereocenters. The van der Waals surface area contributed by atoms with E-state index in [0.29, 0.717) is 11.5 Å². The zero-order valence-corrected chi connectivity index (χ0v) is 34.4. The van der Waals surface area contributed by atoms with Crippen LogP contribution in [0.3, 0.4) is 0 Å². The fourth-order valence-electron chi connectivity index (χ4n) is 9.35. The number of nitrogens with zero attached hydrogens (tertiary/aromatic N) is 3. The van der Waals surface area contributed by atoms with Crippen LogP contribution in [-0.2, 0) is 5.41 Å². The number of benzene rings is 9. The largest absolute Gasteiger partial charge is 0.238 e. The summed E-state index contributed by atoms with van der Waals surface area (Å²) in [6.45, 7) is 7.89. The van der Waals surface area contributed by atoms with Gasteiger partial charge < -0.3 is 0 Å². The van der Waals surface area contributed by atoms with Crippen LogP contribution in [0.5, 0.6) is 0 Å². The van der Waals surface area contributed by atoms with Crippen LogP contribution in [-0.4, -0.2) is 9.97 Å². The Morgan fingerprint density at radius 2 is 0.683 bits per heavy atom. The van der Waals surface area contributed by atoms with Crippen molar-refractivity contribution in [3.63, 3.8) is 0 Å². The molecule has 3 nitrogen and oxygen atoms in total. The molecule has 1 aliphatic carbocycles. The van der Waals surface area contributed by atoms with Crippen LogP contribution in [0.4, 0.5) is 5.69 Å². The second kappa shape index (κ2) is 15.9. The number of fused-ring (bicyclic) bond motifs is 3. The summed E-state index contributed by atoms with van der Waals surface area (Å²) in [5.74, 6) is 0.670. The van der Waals surface area contributed by atoms with E-state index < -0.39 is 5.41 Å². The molecule has 9 aromatic carbocycles. The first kappa shape index (κ1) is 37.5. The molecule has 0 unspecified atom stereocenters. The average Bonchev–Trinajstić information content (AvgIpc) is 3.67. The molecule has 0 fully saturated rings. The summed E-state index contributed by atoms with van der Waals surface area (Å²) >= 11 is 0. The van der Waals surface area contributed by atoms with Crippen molar-refractivity contribution in [3.8, 4) is 78.4 Å². The van der Waals surface area contributed by atoms with Gasteiger partial charge in [-0.1, -0.05) is 218 Å². The SMILES string of the molecule is [C-]#[N+]c1ccc2c(c1)-c1cc(-c3ccc(-c4nc(-c5ccccc5)cc(-c5ccc(-c6ccc(-c7ccccc7)cc6)cc5)n4)cc3)ccc1C2(c1ccccc1)c1ccccc1. The molecular formula is C60H39N3. The molecule has 1 aliphatic rings. The van der Waals surface area contributed by atoms with E-state index in [1.54, 1.807) is 0 Å². The molecule has 0 amide bonds. The highest BCUT2D eigenvalue weighted by Gasteiger charge is 2.46. The van der Waals surface area contributed by atoms with Gasteiger partial charge in [0.05, 0.1) is 23.4 Å². The summed E-state index contributed by atoms with van der Waals surface area (Å²) in [6, 6.07) is 83.4. The van der Waals surface area contributed by atoms with Gasteiger partial charge in [0.2, 0.25) is 0 Å². The minimum absolute atomic E-state index is 0.524. The monoisotopic (exact) mass is 801 g/mol. The number of rotatable bonds is 8. The summed E-state index contributed by atoms with van der Waals surface area (Å²) < 4.78 is 0. The van der Waals surface area contributed by atoms with Gasteiger partial charge in [-0.15, -0.1) is 0 Å². The molecule has 0 saturated heterocycles. The van der Waals surface area contributed by atoms with E-state index in [-0.39, 0.29) is 0 Å². The summed E-state index contributed by atoms with van der Waals surface area (Å²) in [5, 5.41) is 0. The third-order valence-corrected chi connectivity index (χ3v) is 12.4. The quantitative estimate of drug-likeness (QED) is 0.143. The van der Waals surface area contributed by atoms with Crippen LogP contribution in [0.25, 0.3) is 83.3 Å². The van der Waals surface area contributed by atoms with Crippen molar-refractivity contribution in [1.82, 2.24) is 9.97 Å². The van der Waals surface area contributed by atoms with Crippen molar-refractivity contribution in [2.45, 2.75) is 5.41 Å². The van der Waals surface area contributed by atoms with Crippen LogP contribution in [0.1, 0.15) is 22.3 Å². The lowest BCUT2D eigenvalue weighted by Gasteiger charge is -2.34. The Balaban J connectivity index is 0.955. The molecular weight excluding hydrogens is 763 g/mol. The van der Waals surface area contributed by atoms with Gasteiger partial charge in [-0.05, 0) is 85.0 Å². The van der Waals surface area contributed by atoms with E-state index in [9.17, 15) is 0 Å². The molecule has 0 spiro atoms. The molecule has 1 aromatic heterocycles. The zero-order chi connectivity index (χ0) is 42.2. The highest BCUT2D eigenvalue weighted by molar-refractivity contribution is 5.90. The maximum atomic E-state index is 7.89. The lowest BCUT2D eigenvalue weighted by Crippen LogP contribution is -2.28. The van der Waals surface area contributed by atoms with Crippen molar-refractivity contribution < 1.29 is 0 Å². The molecule has 0 bridgehead atoms. The molecule has 0 N–H and O–H groups in total. The molecule has 0 saturated carbocycles. The molecule has 294 valence electrons. The first-order valence-corrected chi connectivity index (χ1v) is 21.3. The number of hydrogen-bond acceptors (Lipinski definition) is 2. The maximum Gasteiger partial charge on any atom is 0.187 e. The van der Waals surface area contributed by atoms with Gasteiger partial charge in [-0.3, -0.25) is 0 Å². The summed E-state index contributed by atoms with van der Waals surface area (Å²) in [7, 11) is 0. The molecule has 0 radical (unpaired) electrons. The van der Waals surface area contributed by atoms with Crippen molar-refractivity contribution in [2.24, 2.45) is 0 Å². The molecule has 63 heavy (non-hydrogen) atoms. The van der Waals surface area contributed by atoms with Crippen LogP contribution >= 0.6 is 0 Å². The molecule has 0 aliphatic heterocycles. The van der Waals surface area contributed by atoms with Gasteiger partial charge in [-0.25, -0.2) is 14.8 Å². The summed E-state index contributed by atoms with van der Waals surface area (Å²) in [5.41, 5.74) is 18.8. The fraction of sp³-hybridized carbons (Fsp3) is 0.0167. The molecule has 1 heterocycles. The summed E-state index contributed by atoms with van der Waals surface area (Å²) in [4.78, 5) is 14.2. The van der Waals surface area contributed by atoms with Crippen LogP contribution in [0.2, 0.25) is 0 Å². The van der Waals surface area contributed by atoms with Gasteiger partial charge in [0.25, 0.3) is 0 Å². The second-order valence-electron chi connectivity index (χ2n) is 16.0. The number of hydrogen-bond donors (Lipinski definition) is 0. The van der Waals surface area contributed by atoms with Gasteiger partial charge in [-0.2, -0.15) is 0 Å². The summed E-state index contributed by atoms with van der Waals surface area (Å²) in [6.07, 6.45) is 0. The van der Waals surface area contributed by atoms with Crippen LogP contribution in [0, 0.1) is 6.57 Å². The lowest BCUT2D eigenvalue weighted by atomic mass is 9.67. The van der Waals surface area contributed by atoms with E-state index >= 15 is 0 Å². The smallest absolute Gasteiger partial charge is 0.187 e. The van der Waals surface area contributed by atoms with Gasteiger partial charge in [0.1, 0.15) is 0 Å². The standard InChI is InChI=1S/C60H39N3/c1-61-52-35-37-56-54(39-52)53-38-49(34-36-55(53)60(56,50-18-10-4-11-19-50)51-20-12-5-13-21-51)45-28-32-48(33-29-45)59-62-57(46-16-8-3-9-17-46)40-58(63-59)47-30-26-44(27-31-47)43-24-22-42(23-25-43)41-14-6-2-7-15-41/h2-40H. The van der Waals surface area contributed by atoms with Gasteiger partial charge in [0, 0.05) is 16.7 Å². The van der Waals surface area contributed by atoms with Crippen molar-refractivity contribution in [3.05, 3.63) is 270 Å². The first-order valence-electron chi connectivity index (χ1n) is 21.3. The second-order valence-corrected chi connectivity index (χ2v) is 16.0. The van der Waals surface area contributed by atoms with E-state index in [0.717, 1.165) is 55.9 Å². The number of aromatic nitrogens is 2. The van der Waals surface area contributed by atoms with Gasteiger partial charge >= 0.3 is 0 Å². The normalized spacial score (nSPS) is 12.2. The molecule has 10 aromatic rings. The lowest BCUT2D eigenvalue weighted by molar-refractivity contribution is 0.768. The Kier molecular flexibility index (Phi) is 9.45. The van der Waals surface area contributed by atoms with Gasteiger partial charge in [0.15, 0.2) is 11.5 Å². The van der Waals surface area contributed by atoms with E-state index in [1.165, 1.54) is 38.9 Å². The van der Waals surface area contributed by atoms with E-state index in [4.69, 9.17) is 16.5 Å². The van der Waals surface area contributed by atoms with Crippen LogP contribution < -0.4 is 0 Å². The van der Waals surface area contributed by atoms with Crippen molar-refractivity contribution in [1.29, 1.82) is 0 Å². The van der Waals surface area contributed by atoms with E-state index in [2.05, 4.69) is 211 Å². The Hall–Kier alpha value is -8.45. The van der Waals surface area contributed by atoms with E-state index in [1.807, 2.05) is 30.3 Å². The molecule has 3 heteroatoms.